The Balaban J connectivity index is 1.37. The van der Waals surface area contributed by atoms with Gasteiger partial charge in [-0.15, -0.1) is 0 Å². The molecule has 0 radical (unpaired) electrons. The maximum absolute atomic E-state index is 13.5. The van der Waals surface area contributed by atoms with Crippen molar-refractivity contribution in [3.05, 3.63) is 82.0 Å². The summed E-state index contributed by atoms with van der Waals surface area (Å²) < 4.78 is 0. The molecule has 2 heterocycles. The van der Waals surface area contributed by atoms with E-state index in [2.05, 4.69) is 25.9 Å². The predicted octanol–water partition coefficient (Wildman–Crippen LogP) is -0.0211. The standard InChI is InChI=1S/C33H40Cl2N10O5/c34-21-10-9-18(13-22(21)35)14-23(36)32(50)45-12-4-8-27(45)31(49)44-25(7-3-11-40-33(38)39)30(48)42-17-28(46)43-26(29(37)47)15-19-16-41-24-6-2-1-5-20(19)24/h1-2,4-6,8-10,13,16,23,25-27,41H,3,7,11-12,14-15,17,36H2,(H2,37,47)(H,42,48)(H,43,46)(H,44,49)(H4,38,39,40)/t23-,25-,26-,27-/m0/s1. The van der Waals surface area contributed by atoms with Gasteiger partial charge in [0.2, 0.25) is 29.5 Å². The maximum atomic E-state index is 13.5. The van der Waals surface area contributed by atoms with Crippen molar-refractivity contribution in [3.63, 3.8) is 0 Å². The highest BCUT2D eigenvalue weighted by atomic mass is 35.5. The fourth-order valence-electron chi connectivity index (χ4n) is 5.51. The van der Waals surface area contributed by atoms with E-state index in [9.17, 15) is 24.0 Å². The number of amides is 5. The summed E-state index contributed by atoms with van der Waals surface area (Å²) in [4.78, 5) is 73.4. The molecular weight excluding hydrogens is 687 g/mol. The Labute approximate surface area is 298 Å². The van der Waals surface area contributed by atoms with Crippen LogP contribution in [0.25, 0.3) is 10.9 Å². The summed E-state index contributed by atoms with van der Waals surface area (Å²) in [6, 6.07) is 8.21. The summed E-state index contributed by atoms with van der Waals surface area (Å²) in [5, 5.41) is 9.31. The van der Waals surface area contributed by atoms with E-state index in [1.54, 1.807) is 36.5 Å². The average Bonchev–Trinajstić information content (AvgIpc) is 3.74. The highest BCUT2D eigenvalue weighted by Crippen LogP contribution is 2.24. The molecule has 0 saturated heterocycles. The molecule has 1 aliphatic heterocycles. The van der Waals surface area contributed by atoms with Crippen LogP contribution in [-0.2, 0) is 36.8 Å². The molecule has 2 aromatic carbocycles. The molecule has 0 bridgehead atoms. The highest BCUT2D eigenvalue weighted by molar-refractivity contribution is 6.42. The van der Waals surface area contributed by atoms with Gasteiger partial charge in [-0.25, -0.2) is 0 Å². The third kappa shape index (κ3) is 10.2. The third-order valence-corrected chi connectivity index (χ3v) is 8.78. The number of benzene rings is 2. The monoisotopic (exact) mass is 726 g/mol. The molecule has 0 unspecified atom stereocenters. The van der Waals surface area contributed by atoms with Crippen molar-refractivity contribution >= 4 is 69.6 Å². The van der Waals surface area contributed by atoms with Gasteiger partial charge in [-0.3, -0.25) is 29.0 Å². The summed E-state index contributed by atoms with van der Waals surface area (Å²) in [7, 11) is 0. The number of nitrogens with zero attached hydrogens (tertiary/aromatic N) is 2. The fraction of sp³-hybridized carbons (Fsp3) is 0.333. The molecule has 1 aromatic heterocycles. The molecule has 0 saturated carbocycles. The van der Waals surface area contributed by atoms with Crippen LogP contribution in [0.1, 0.15) is 24.0 Å². The summed E-state index contributed by atoms with van der Waals surface area (Å²) in [6.07, 6.45) is 5.61. The molecular formula is C33H40Cl2N10O5. The maximum Gasteiger partial charge on any atom is 0.247 e. The van der Waals surface area contributed by atoms with Crippen LogP contribution in [0.4, 0.5) is 0 Å². The van der Waals surface area contributed by atoms with Gasteiger partial charge in [0.25, 0.3) is 0 Å². The predicted molar refractivity (Wildman–Crippen MR) is 191 cm³/mol. The molecule has 266 valence electrons. The molecule has 4 atom stereocenters. The van der Waals surface area contributed by atoms with Gasteiger partial charge in [0.05, 0.1) is 22.6 Å². The second kappa shape index (κ2) is 17.5. The van der Waals surface area contributed by atoms with Crippen molar-refractivity contribution in [2.24, 2.45) is 27.9 Å². The van der Waals surface area contributed by atoms with Crippen molar-refractivity contribution in [2.45, 2.75) is 49.9 Å². The van der Waals surface area contributed by atoms with Gasteiger partial charge < -0.3 is 48.8 Å². The van der Waals surface area contributed by atoms with Crippen molar-refractivity contribution in [1.29, 1.82) is 0 Å². The first-order valence-corrected chi connectivity index (χ1v) is 16.5. The molecule has 3 aromatic rings. The Kier molecular flexibility index (Phi) is 13.2. The largest absolute Gasteiger partial charge is 0.370 e. The Morgan fingerprint density at radius 3 is 2.46 bits per heavy atom. The van der Waals surface area contributed by atoms with Crippen LogP contribution >= 0.6 is 23.2 Å². The number of para-hydroxylation sites is 1. The topological polar surface area (TPSA) is 257 Å². The van der Waals surface area contributed by atoms with Gasteiger partial charge in [0.1, 0.15) is 18.1 Å². The average molecular weight is 728 g/mol. The molecule has 15 nitrogen and oxygen atoms in total. The van der Waals surface area contributed by atoms with Crippen LogP contribution in [0.2, 0.25) is 10.0 Å². The van der Waals surface area contributed by atoms with E-state index in [0.29, 0.717) is 22.0 Å². The van der Waals surface area contributed by atoms with E-state index in [-0.39, 0.29) is 38.3 Å². The number of H-pyrrole nitrogens is 1. The first-order valence-electron chi connectivity index (χ1n) is 15.8. The highest BCUT2D eigenvalue weighted by Gasteiger charge is 2.35. The smallest absolute Gasteiger partial charge is 0.247 e. The number of guanidine groups is 1. The zero-order valence-electron chi connectivity index (χ0n) is 27.0. The molecule has 1 aliphatic rings. The number of hydrogen-bond donors (Lipinski definition) is 8. The minimum Gasteiger partial charge on any atom is -0.370 e. The molecule has 17 heteroatoms. The minimum atomic E-state index is -1.13. The lowest BCUT2D eigenvalue weighted by atomic mass is 10.0. The van der Waals surface area contributed by atoms with Crippen LogP contribution in [0.15, 0.2) is 65.8 Å². The SMILES string of the molecule is NC(=O)[C@H](Cc1c[nH]c2ccccc12)NC(=O)CNC(=O)[C@H](CCCN=C(N)N)NC(=O)[C@@H]1C=CCN1C(=O)[C@@H](N)Cc1ccc(Cl)c(Cl)c1. The molecule has 50 heavy (non-hydrogen) atoms. The first-order chi connectivity index (χ1) is 23.8. The van der Waals surface area contributed by atoms with Crippen LogP contribution in [-0.4, -0.2) is 89.2 Å². The Bertz CT molecular complexity index is 1790. The van der Waals surface area contributed by atoms with Crippen LogP contribution in [0.5, 0.6) is 0 Å². The number of fused-ring (bicyclic) bond motifs is 1. The number of nitrogens with two attached hydrogens (primary N) is 4. The first kappa shape index (κ1) is 37.7. The number of aliphatic imine (C=N–C) groups is 1. The minimum absolute atomic E-state index is 0.0989. The van der Waals surface area contributed by atoms with Crippen molar-refractivity contribution in [1.82, 2.24) is 25.8 Å². The number of aromatic amines is 1. The Morgan fingerprint density at radius 2 is 1.74 bits per heavy atom. The molecule has 0 aliphatic carbocycles. The van der Waals surface area contributed by atoms with Crippen LogP contribution < -0.4 is 38.9 Å². The molecule has 0 fully saturated rings. The lowest BCUT2D eigenvalue weighted by molar-refractivity contribution is -0.139. The van der Waals surface area contributed by atoms with Crippen LogP contribution in [0, 0.1) is 0 Å². The van der Waals surface area contributed by atoms with Gasteiger partial charge in [-0.2, -0.15) is 0 Å². The quantitative estimate of drug-likeness (QED) is 0.0430. The number of primary amides is 1. The van der Waals surface area contributed by atoms with Crippen LogP contribution in [0.3, 0.4) is 0 Å². The van der Waals surface area contributed by atoms with Crippen molar-refractivity contribution < 1.29 is 24.0 Å². The molecule has 4 rings (SSSR count). The second-order valence-corrected chi connectivity index (χ2v) is 12.6. The van der Waals surface area contributed by atoms with Gasteiger partial charge in [0.15, 0.2) is 5.96 Å². The zero-order chi connectivity index (χ0) is 36.4. The van der Waals surface area contributed by atoms with Gasteiger partial charge in [-0.1, -0.05) is 59.6 Å². The number of rotatable bonds is 16. The summed E-state index contributed by atoms with van der Waals surface area (Å²) in [5.74, 6) is -3.34. The summed E-state index contributed by atoms with van der Waals surface area (Å²) in [5.41, 5.74) is 24.9. The fourth-order valence-corrected chi connectivity index (χ4v) is 5.83. The van der Waals surface area contributed by atoms with Crippen molar-refractivity contribution in [2.75, 3.05) is 19.6 Å². The second-order valence-electron chi connectivity index (χ2n) is 11.7. The van der Waals surface area contributed by atoms with E-state index >= 15 is 0 Å². The van der Waals surface area contributed by atoms with E-state index < -0.39 is 60.2 Å². The van der Waals surface area contributed by atoms with E-state index in [0.717, 1.165) is 16.5 Å². The Hall–Kier alpha value is -5.12. The number of halogens is 2. The lowest BCUT2D eigenvalue weighted by Gasteiger charge is -2.28. The van der Waals surface area contributed by atoms with E-state index in [1.165, 1.54) is 4.90 Å². The molecule has 0 spiro atoms. The molecule has 12 N–H and O–H groups in total. The number of carbonyl (C=O) groups is 5. The number of hydrogen-bond acceptors (Lipinski definition) is 7. The van der Waals surface area contributed by atoms with Gasteiger partial charge in [0, 0.05) is 36.6 Å². The lowest BCUT2D eigenvalue weighted by Crippen LogP contribution is -2.56. The van der Waals surface area contributed by atoms with Crippen molar-refractivity contribution in [3.8, 4) is 0 Å². The van der Waals surface area contributed by atoms with E-state index in [4.69, 9.17) is 46.1 Å². The third-order valence-electron chi connectivity index (χ3n) is 8.04. The van der Waals surface area contributed by atoms with Gasteiger partial charge in [-0.05, 0) is 48.6 Å². The Morgan fingerprint density at radius 1 is 0.980 bits per heavy atom. The number of nitrogens with one attached hydrogen (secondary N) is 4. The number of aromatic nitrogens is 1. The molecule has 5 amide bonds. The number of carbonyl (C=O) groups excluding carboxylic acids is 5. The summed E-state index contributed by atoms with van der Waals surface area (Å²) in [6.45, 7) is -0.199. The van der Waals surface area contributed by atoms with E-state index in [1.807, 2.05) is 24.3 Å². The normalized spacial score (nSPS) is 15.6. The zero-order valence-corrected chi connectivity index (χ0v) is 28.5. The van der Waals surface area contributed by atoms with Gasteiger partial charge >= 0.3 is 0 Å². The summed E-state index contributed by atoms with van der Waals surface area (Å²) >= 11 is 12.1.